The minimum atomic E-state index is -0.997. The normalized spacial score (nSPS) is 10.7. The van der Waals surface area contributed by atoms with Crippen LogP contribution in [0.2, 0.25) is 0 Å². The second-order valence-electron chi connectivity index (χ2n) is 5.25. The van der Waals surface area contributed by atoms with Gasteiger partial charge in [-0.05, 0) is 31.2 Å². The van der Waals surface area contributed by atoms with Gasteiger partial charge in [0.2, 0.25) is 0 Å². The Labute approximate surface area is 146 Å². The monoisotopic (exact) mass is 358 g/mol. The number of carbonyl (C=O) groups excluding carboxylic acids is 1. The summed E-state index contributed by atoms with van der Waals surface area (Å²) in [6.45, 7) is 1.69. The summed E-state index contributed by atoms with van der Waals surface area (Å²) in [5.41, 5.74) is -0.662. The first kappa shape index (κ1) is 17.2. The van der Waals surface area contributed by atoms with E-state index in [2.05, 4.69) is 0 Å². The number of benzene rings is 2. The van der Waals surface area contributed by atoms with E-state index in [0.717, 1.165) is 12.1 Å². The van der Waals surface area contributed by atoms with Crippen molar-refractivity contribution in [2.45, 2.75) is 6.92 Å². The molecule has 0 saturated heterocycles. The second-order valence-corrected chi connectivity index (χ2v) is 5.25. The molecule has 3 aromatic rings. The summed E-state index contributed by atoms with van der Waals surface area (Å²) in [5, 5.41) is 29.2. The summed E-state index contributed by atoms with van der Waals surface area (Å²) < 4.78 is 15.3. The van der Waals surface area contributed by atoms with Gasteiger partial charge >= 0.3 is 6.16 Å². The molecule has 0 spiro atoms. The molecule has 3 N–H and O–H groups in total. The Hall–Kier alpha value is -3.68. The Bertz CT molecular complexity index is 1050. The third-order valence-corrected chi connectivity index (χ3v) is 3.52. The van der Waals surface area contributed by atoms with Crippen LogP contribution in [0.25, 0.3) is 22.3 Å². The Balaban J connectivity index is 2.19. The molecule has 2 aromatic carbocycles. The SMILES string of the molecule is CCOC(=O)Oc1cc(O)ccc1-c1cc(=O)c2c(O)ccc(O)c2o1. The van der Waals surface area contributed by atoms with Gasteiger partial charge in [0.1, 0.15) is 28.4 Å². The number of hydrogen-bond acceptors (Lipinski definition) is 8. The van der Waals surface area contributed by atoms with E-state index in [1.165, 1.54) is 24.3 Å². The number of hydrogen-bond donors (Lipinski definition) is 3. The van der Waals surface area contributed by atoms with Crippen molar-refractivity contribution in [2.24, 2.45) is 0 Å². The van der Waals surface area contributed by atoms with Crippen LogP contribution in [0.15, 0.2) is 45.6 Å². The third kappa shape index (κ3) is 3.12. The number of aromatic hydroxyl groups is 3. The van der Waals surface area contributed by atoms with Gasteiger partial charge in [0.15, 0.2) is 16.8 Å². The number of phenols is 3. The van der Waals surface area contributed by atoms with Gasteiger partial charge in [0.25, 0.3) is 0 Å². The van der Waals surface area contributed by atoms with Crippen molar-refractivity contribution in [3.8, 4) is 34.3 Å². The van der Waals surface area contributed by atoms with E-state index in [1.54, 1.807) is 6.92 Å². The van der Waals surface area contributed by atoms with Crippen LogP contribution in [0.4, 0.5) is 4.79 Å². The fraction of sp³-hybridized carbons (Fsp3) is 0.111. The molecule has 8 heteroatoms. The molecule has 0 aliphatic heterocycles. The van der Waals surface area contributed by atoms with Gasteiger partial charge in [-0.25, -0.2) is 4.79 Å². The molecule has 0 bridgehead atoms. The number of carbonyl (C=O) groups is 1. The van der Waals surface area contributed by atoms with E-state index in [-0.39, 0.29) is 51.9 Å². The molecular formula is C18H14O8. The molecule has 0 radical (unpaired) electrons. The molecule has 0 aliphatic rings. The maximum absolute atomic E-state index is 12.3. The number of phenolic OH excluding ortho intramolecular Hbond substituents is 3. The fourth-order valence-electron chi connectivity index (χ4n) is 2.40. The van der Waals surface area contributed by atoms with Gasteiger partial charge in [-0.2, -0.15) is 0 Å². The van der Waals surface area contributed by atoms with Gasteiger partial charge in [-0.3, -0.25) is 4.79 Å². The van der Waals surface area contributed by atoms with Crippen molar-refractivity contribution in [3.05, 3.63) is 46.6 Å². The molecule has 3 rings (SSSR count). The molecule has 134 valence electrons. The number of rotatable bonds is 3. The first-order valence-electron chi connectivity index (χ1n) is 7.57. The van der Waals surface area contributed by atoms with Crippen LogP contribution in [-0.4, -0.2) is 28.1 Å². The van der Waals surface area contributed by atoms with Crippen LogP contribution in [0.3, 0.4) is 0 Å². The zero-order valence-corrected chi connectivity index (χ0v) is 13.6. The lowest BCUT2D eigenvalue weighted by atomic mass is 10.1. The highest BCUT2D eigenvalue weighted by atomic mass is 16.7. The molecular weight excluding hydrogens is 344 g/mol. The molecule has 8 nitrogen and oxygen atoms in total. The molecule has 0 amide bonds. The van der Waals surface area contributed by atoms with Crippen LogP contribution >= 0.6 is 0 Å². The Morgan fingerprint density at radius 2 is 1.81 bits per heavy atom. The minimum absolute atomic E-state index is 0.0392. The minimum Gasteiger partial charge on any atom is -0.508 e. The van der Waals surface area contributed by atoms with E-state index in [1.807, 2.05) is 0 Å². The number of fused-ring (bicyclic) bond motifs is 1. The smallest absolute Gasteiger partial charge is 0.508 e. The summed E-state index contributed by atoms with van der Waals surface area (Å²) >= 11 is 0. The van der Waals surface area contributed by atoms with Crippen LogP contribution in [-0.2, 0) is 4.74 Å². The van der Waals surface area contributed by atoms with E-state index in [4.69, 9.17) is 13.9 Å². The van der Waals surface area contributed by atoms with Crippen molar-refractivity contribution in [2.75, 3.05) is 6.61 Å². The van der Waals surface area contributed by atoms with Crippen molar-refractivity contribution in [3.63, 3.8) is 0 Å². The Morgan fingerprint density at radius 1 is 1.08 bits per heavy atom. The Kier molecular flexibility index (Phi) is 4.40. The fourth-order valence-corrected chi connectivity index (χ4v) is 2.40. The van der Waals surface area contributed by atoms with Crippen LogP contribution in [0.5, 0.6) is 23.0 Å². The van der Waals surface area contributed by atoms with Crippen molar-refractivity contribution in [1.29, 1.82) is 0 Å². The lowest BCUT2D eigenvalue weighted by molar-refractivity contribution is 0.104. The largest absolute Gasteiger partial charge is 0.513 e. The molecule has 1 aromatic heterocycles. The van der Waals surface area contributed by atoms with E-state index >= 15 is 0 Å². The zero-order chi connectivity index (χ0) is 18.8. The van der Waals surface area contributed by atoms with Gasteiger partial charge < -0.3 is 29.2 Å². The summed E-state index contributed by atoms with van der Waals surface area (Å²) in [4.78, 5) is 23.9. The quantitative estimate of drug-likeness (QED) is 0.370. The summed E-state index contributed by atoms with van der Waals surface area (Å²) in [6, 6.07) is 7.25. The average Bonchev–Trinajstić information content (AvgIpc) is 2.58. The highest BCUT2D eigenvalue weighted by Gasteiger charge is 2.18. The topological polar surface area (TPSA) is 126 Å². The van der Waals surface area contributed by atoms with Crippen LogP contribution < -0.4 is 10.2 Å². The average molecular weight is 358 g/mol. The molecule has 1 heterocycles. The van der Waals surface area contributed by atoms with Gasteiger partial charge in [0.05, 0.1) is 12.2 Å². The van der Waals surface area contributed by atoms with Crippen molar-refractivity contribution >= 4 is 17.1 Å². The molecule has 26 heavy (non-hydrogen) atoms. The van der Waals surface area contributed by atoms with Gasteiger partial charge in [0, 0.05) is 12.1 Å². The van der Waals surface area contributed by atoms with Crippen molar-refractivity contribution < 1.29 is 34.0 Å². The van der Waals surface area contributed by atoms with E-state index in [0.29, 0.717) is 0 Å². The molecule has 0 fully saturated rings. The van der Waals surface area contributed by atoms with E-state index < -0.39 is 11.6 Å². The predicted octanol–water partition coefficient (Wildman–Crippen LogP) is 3.11. The molecule has 0 aliphatic carbocycles. The zero-order valence-electron chi connectivity index (χ0n) is 13.6. The first-order valence-corrected chi connectivity index (χ1v) is 7.57. The maximum atomic E-state index is 12.3. The highest BCUT2D eigenvalue weighted by molar-refractivity contribution is 5.89. The molecule has 0 saturated carbocycles. The van der Waals surface area contributed by atoms with Crippen molar-refractivity contribution in [1.82, 2.24) is 0 Å². The lowest BCUT2D eigenvalue weighted by Gasteiger charge is -2.11. The second kappa shape index (κ2) is 6.67. The lowest BCUT2D eigenvalue weighted by Crippen LogP contribution is -2.11. The maximum Gasteiger partial charge on any atom is 0.513 e. The molecule has 0 atom stereocenters. The third-order valence-electron chi connectivity index (χ3n) is 3.52. The number of ether oxygens (including phenoxy) is 2. The first-order chi connectivity index (χ1) is 12.4. The molecule has 0 unspecified atom stereocenters. The van der Waals surface area contributed by atoms with Crippen LogP contribution in [0, 0.1) is 0 Å². The van der Waals surface area contributed by atoms with Gasteiger partial charge in [-0.15, -0.1) is 0 Å². The summed E-state index contributed by atoms with van der Waals surface area (Å²) in [5.74, 6) is -1.01. The van der Waals surface area contributed by atoms with E-state index in [9.17, 15) is 24.9 Å². The van der Waals surface area contributed by atoms with Gasteiger partial charge in [-0.1, -0.05) is 0 Å². The standard InChI is InChI=1S/C18H14O8/c1-2-24-18(23)26-14-7-9(19)3-4-10(14)15-8-13(22)16-11(20)5-6-12(21)17(16)25-15/h3-8,19-21H,2H2,1H3. The van der Waals surface area contributed by atoms with Crippen LogP contribution in [0.1, 0.15) is 6.92 Å². The summed E-state index contributed by atoms with van der Waals surface area (Å²) in [6.07, 6.45) is -0.997. The Morgan fingerprint density at radius 3 is 2.54 bits per heavy atom. The summed E-state index contributed by atoms with van der Waals surface area (Å²) in [7, 11) is 0. The highest BCUT2D eigenvalue weighted by Crippen LogP contribution is 2.37. The predicted molar refractivity (Wildman–Crippen MR) is 90.6 cm³/mol.